The number of hydrogen-bond donors (Lipinski definition) is 3. The second-order valence-corrected chi connectivity index (χ2v) is 11.7. The summed E-state index contributed by atoms with van der Waals surface area (Å²) in [6.45, 7) is 3.24. The maximum absolute atomic E-state index is 13.1. The van der Waals surface area contributed by atoms with Crippen molar-refractivity contribution < 1.29 is 23.5 Å². The van der Waals surface area contributed by atoms with Crippen LogP contribution >= 0.6 is 59.9 Å². The van der Waals surface area contributed by atoms with Gasteiger partial charge in [0.25, 0.3) is 18.2 Å². The van der Waals surface area contributed by atoms with Crippen molar-refractivity contribution in [2.45, 2.75) is 43.9 Å². The average molecular weight is 658 g/mol. The van der Waals surface area contributed by atoms with Gasteiger partial charge in [0.1, 0.15) is 0 Å². The third kappa shape index (κ3) is 7.65. The fraction of sp³-hybridized carbons (Fsp3) is 0.462. The molecule has 4 rings (SSSR count). The van der Waals surface area contributed by atoms with E-state index in [2.05, 4.69) is 15.5 Å². The van der Waals surface area contributed by atoms with Gasteiger partial charge in [0.2, 0.25) is 0 Å². The minimum absolute atomic E-state index is 0. The molecule has 2 amide bonds. The number of benzene rings is 2. The zero-order chi connectivity index (χ0) is 28.5. The number of amides is 2. The molecule has 2 heterocycles. The molecular formula is C26H30Cl4F2N4O3S. The number of anilines is 1. The van der Waals surface area contributed by atoms with Gasteiger partial charge in [-0.15, -0.1) is 0 Å². The first kappa shape index (κ1) is 33.0. The summed E-state index contributed by atoms with van der Waals surface area (Å²) in [5, 5.41) is 17.3. The number of nitrogens with zero attached hydrogens (tertiary/aromatic N) is 2. The van der Waals surface area contributed by atoms with Crippen molar-refractivity contribution in [3.05, 3.63) is 61.5 Å². The first-order valence-corrected chi connectivity index (χ1v) is 13.9. The van der Waals surface area contributed by atoms with Gasteiger partial charge in [0.05, 0.1) is 28.2 Å². The smallest absolute Gasteiger partial charge is 0.258 e. The summed E-state index contributed by atoms with van der Waals surface area (Å²) >= 11 is 24.6. The Morgan fingerprint density at radius 3 is 2.10 bits per heavy atom. The molecule has 0 bridgehead atoms. The van der Waals surface area contributed by atoms with E-state index in [9.17, 15) is 23.5 Å². The normalized spacial score (nSPS) is 18.1. The maximum atomic E-state index is 13.1. The highest BCUT2D eigenvalue weighted by Crippen LogP contribution is 2.33. The Labute approximate surface area is 258 Å². The molecule has 1 atom stereocenters. The number of likely N-dealkylation sites (tertiary alicyclic amines) is 2. The second-order valence-electron chi connectivity index (χ2n) is 9.96. The second kappa shape index (κ2) is 13.6. The summed E-state index contributed by atoms with van der Waals surface area (Å²) in [7, 11) is 0. The topological polar surface area (TPSA) is 84.9 Å². The van der Waals surface area contributed by atoms with Crippen LogP contribution in [0.15, 0.2) is 30.3 Å². The number of halogens is 6. The van der Waals surface area contributed by atoms with E-state index in [1.165, 1.54) is 6.92 Å². The summed E-state index contributed by atoms with van der Waals surface area (Å²) in [6, 6.07) is 8.16. The van der Waals surface area contributed by atoms with Crippen LogP contribution in [0.25, 0.3) is 0 Å². The number of piperidine rings is 1. The monoisotopic (exact) mass is 656 g/mol. The van der Waals surface area contributed by atoms with Crippen molar-refractivity contribution in [3.63, 3.8) is 0 Å². The minimum atomic E-state index is -2.68. The van der Waals surface area contributed by atoms with E-state index in [1.54, 1.807) is 35.2 Å². The molecule has 14 heteroatoms. The highest BCUT2D eigenvalue weighted by molar-refractivity contribution is 7.59. The van der Waals surface area contributed by atoms with Crippen molar-refractivity contribution in [3.8, 4) is 0 Å². The van der Waals surface area contributed by atoms with Crippen LogP contribution in [0.5, 0.6) is 0 Å². The Morgan fingerprint density at radius 1 is 1.02 bits per heavy atom. The van der Waals surface area contributed by atoms with E-state index in [1.807, 2.05) is 0 Å². The molecule has 2 aromatic carbocycles. The fourth-order valence-electron chi connectivity index (χ4n) is 4.97. The van der Waals surface area contributed by atoms with Gasteiger partial charge in [-0.25, -0.2) is 8.78 Å². The summed E-state index contributed by atoms with van der Waals surface area (Å²) in [6.07, 6.45) is -1.14. The molecule has 2 saturated heterocycles. The van der Waals surface area contributed by atoms with E-state index in [0.717, 1.165) is 25.9 Å². The predicted molar refractivity (Wildman–Crippen MR) is 160 cm³/mol. The Morgan fingerprint density at radius 2 is 1.57 bits per heavy atom. The van der Waals surface area contributed by atoms with E-state index >= 15 is 0 Å². The molecule has 3 N–H and O–H groups in total. The Hall–Kier alpha value is -1.53. The first-order chi connectivity index (χ1) is 18.3. The molecule has 0 radical (unpaired) electrons. The van der Waals surface area contributed by atoms with Crippen LogP contribution in [0.3, 0.4) is 0 Å². The van der Waals surface area contributed by atoms with Crippen LogP contribution < -0.4 is 10.6 Å². The molecule has 0 saturated carbocycles. The van der Waals surface area contributed by atoms with Crippen LogP contribution in [0.2, 0.25) is 20.1 Å². The molecule has 2 fully saturated rings. The van der Waals surface area contributed by atoms with E-state index < -0.39 is 24.5 Å². The molecule has 2 aliphatic rings. The largest absolute Gasteiger partial charge is 0.380 e. The molecule has 0 aromatic heterocycles. The lowest BCUT2D eigenvalue weighted by Gasteiger charge is -2.48. The molecule has 2 aromatic rings. The van der Waals surface area contributed by atoms with E-state index in [0.29, 0.717) is 40.4 Å². The van der Waals surface area contributed by atoms with Crippen molar-refractivity contribution in [2.24, 2.45) is 0 Å². The van der Waals surface area contributed by atoms with Gasteiger partial charge >= 0.3 is 0 Å². The Balaban J connectivity index is 0.00000441. The van der Waals surface area contributed by atoms with Crippen molar-refractivity contribution >= 4 is 77.4 Å². The van der Waals surface area contributed by atoms with Crippen molar-refractivity contribution in [1.29, 1.82) is 0 Å². The van der Waals surface area contributed by atoms with E-state index in [-0.39, 0.29) is 41.1 Å². The number of aliphatic hydroxyl groups is 1. The van der Waals surface area contributed by atoms with Gasteiger partial charge in [0.15, 0.2) is 5.60 Å². The number of carbonyl (C=O) groups is 2. The highest BCUT2D eigenvalue weighted by atomic mass is 35.5. The number of nitrogens with one attached hydrogen (secondary N) is 2. The molecule has 0 unspecified atom stereocenters. The zero-order valence-corrected chi connectivity index (χ0v) is 25.5. The summed E-state index contributed by atoms with van der Waals surface area (Å²) < 4.78 is 24.8. The van der Waals surface area contributed by atoms with Crippen LogP contribution in [0.4, 0.5) is 14.5 Å². The average Bonchev–Trinajstić information content (AvgIpc) is 2.83. The Kier molecular flexibility index (Phi) is 11.2. The van der Waals surface area contributed by atoms with Crippen LogP contribution in [0, 0.1) is 0 Å². The first-order valence-electron chi connectivity index (χ1n) is 12.4. The number of rotatable bonds is 8. The summed E-state index contributed by atoms with van der Waals surface area (Å²) in [5.74, 6) is -1.14. The van der Waals surface area contributed by atoms with Gasteiger partial charge in [-0.2, -0.15) is 13.5 Å². The Bertz CT molecular complexity index is 1200. The maximum Gasteiger partial charge on any atom is 0.258 e. The summed E-state index contributed by atoms with van der Waals surface area (Å²) in [4.78, 5) is 29.3. The highest BCUT2D eigenvalue weighted by Gasteiger charge is 2.40. The lowest BCUT2D eigenvalue weighted by molar-refractivity contribution is -0.152. The molecule has 0 aliphatic carbocycles. The van der Waals surface area contributed by atoms with Gasteiger partial charge < -0.3 is 20.6 Å². The van der Waals surface area contributed by atoms with Gasteiger partial charge in [-0.05, 0) is 55.7 Å². The lowest BCUT2D eigenvalue weighted by Crippen LogP contribution is -2.61. The zero-order valence-electron chi connectivity index (χ0n) is 21.5. The molecule has 0 spiro atoms. The van der Waals surface area contributed by atoms with Crippen molar-refractivity contribution in [1.82, 2.24) is 15.1 Å². The van der Waals surface area contributed by atoms with Crippen molar-refractivity contribution in [2.75, 3.05) is 38.0 Å². The molecule has 2 aliphatic heterocycles. The van der Waals surface area contributed by atoms with Gasteiger partial charge in [-0.1, -0.05) is 46.4 Å². The lowest BCUT2D eigenvalue weighted by atomic mass is 9.92. The third-order valence-electron chi connectivity index (χ3n) is 7.08. The van der Waals surface area contributed by atoms with Crippen LogP contribution in [-0.2, 0) is 10.4 Å². The number of hydrogen-bond acceptors (Lipinski definition) is 5. The third-order valence-corrected chi connectivity index (χ3v) is 8.11. The van der Waals surface area contributed by atoms with E-state index in [4.69, 9.17) is 46.4 Å². The van der Waals surface area contributed by atoms with Gasteiger partial charge in [-0.3, -0.25) is 14.5 Å². The SMILES string of the molecule is C[C@@](O)(C(=O)N1CCC(N2CC(Nc3cc(Cl)c(C(=O)NCC(F)F)c(Cl)c3)C2)CC1)c1cc(Cl)cc(Cl)c1.S. The summed E-state index contributed by atoms with van der Waals surface area (Å²) in [5.41, 5.74) is -0.803. The number of carbonyl (C=O) groups excluding carboxylic acids is 2. The standard InChI is InChI=1S/C26H28Cl4F2N4O3.H2S/c1-26(39,14-6-15(27)8-16(28)7-14)25(38)35-4-2-19(3-5-35)36-12-18(13-36)34-17-9-20(29)23(21(30)10-17)24(37)33-11-22(31)32;/h6-10,18-19,22,34,39H,2-5,11-13H2,1H3,(H,33,37);1H2/t26-;/m0./s1. The fourth-order valence-corrected chi connectivity index (χ4v) is 6.15. The van der Waals surface area contributed by atoms with Crippen LogP contribution in [0.1, 0.15) is 35.7 Å². The van der Waals surface area contributed by atoms with Gasteiger partial charge in [0, 0.05) is 48.0 Å². The predicted octanol–water partition coefficient (Wildman–Crippen LogP) is 5.40. The quantitative estimate of drug-likeness (QED) is 0.354. The molecular weight excluding hydrogens is 628 g/mol. The molecule has 40 heavy (non-hydrogen) atoms. The molecule has 7 nitrogen and oxygen atoms in total. The minimum Gasteiger partial charge on any atom is -0.380 e. The number of alkyl halides is 2. The van der Waals surface area contributed by atoms with Crippen LogP contribution in [-0.4, -0.2) is 78.0 Å². The molecule has 220 valence electrons.